The van der Waals surface area contributed by atoms with E-state index < -0.39 is 36.4 Å². The third-order valence-corrected chi connectivity index (χ3v) is 2.87. The number of amides is 1. The summed E-state index contributed by atoms with van der Waals surface area (Å²) in [4.78, 5) is 33.8. The van der Waals surface area contributed by atoms with Crippen LogP contribution in [0, 0.1) is 0 Å². The number of ether oxygens (including phenoxy) is 1. The Balaban J connectivity index is 0.00000484. The Bertz CT molecular complexity index is 526. The summed E-state index contributed by atoms with van der Waals surface area (Å²) in [6.45, 7) is 0. The number of aliphatic carboxylic acids is 1. The summed E-state index contributed by atoms with van der Waals surface area (Å²) in [5, 5.41) is 8.58. The first-order valence-corrected chi connectivity index (χ1v) is 6.58. The van der Waals surface area contributed by atoms with Crippen molar-refractivity contribution in [3.8, 4) is 0 Å². The van der Waals surface area contributed by atoms with Gasteiger partial charge < -0.3 is 15.6 Å². The second kappa shape index (κ2) is 10.5. The van der Waals surface area contributed by atoms with E-state index in [4.69, 9.17) is 10.8 Å². The zero-order chi connectivity index (χ0) is 16.5. The number of nitrogens with one attached hydrogen (secondary N) is 2. The molecule has 0 aromatic heterocycles. The first-order valence-electron chi connectivity index (χ1n) is 6.58. The van der Waals surface area contributed by atoms with Crippen LogP contribution in [0.3, 0.4) is 0 Å². The van der Waals surface area contributed by atoms with Crippen molar-refractivity contribution >= 4 is 30.3 Å². The van der Waals surface area contributed by atoms with Crippen LogP contribution in [0.25, 0.3) is 0 Å². The first kappa shape index (κ1) is 20.8. The van der Waals surface area contributed by atoms with Crippen LogP contribution in [0.15, 0.2) is 30.3 Å². The van der Waals surface area contributed by atoms with Crippen molar-refractivity contribution in [2.24, 2.45) is 5.73 Å². The molecule has 23 heavy (non-hydrogen) atoms. The van der Waals surface area contributed by atoms with Crippen LogP contribution in [-0.4, -0.2) is 42.1 Å². The van der Waals surface area contributed by atoms with Gasteiger partial charge in [-0.2, -0.15) is 0 Å². The Morgan fingerprint density at radius 2 is 1.87 bits per heavy atom. The number of halogens is 1. The highest BCUT2D eigenvalue weighted by Crippen LogP contribution is 2.04. The molecule has 2 atom stereocenters. The fraction of sp³-hybridized carbons (Fsp3) is 0.357. The van der Waals surface area contributed by atoms with E-state index in [0.717, 1.165) is 5.56 Å². The van der Waals surface area contributed by atoms with Gasteiger partial charge in [-0.05, 0) is 5.56 Å². The number of hydrogen-bond donors (Lipinski definition) is 4. The number of benzene rings is 1. The maximum Gasteiger partial charge on any atom is 0.325 e. The predicted molar refractivity (Wildman–Crippen MR) is 84.7 cm³/mol. The summed E-state index contributed by atoms with van der Waals surface area (Å²) in [6.07, 6.45) is -0.211. The summed E-state index contributed by atoms with van der Waals surface area (Å²) in [6, 6.07) is 7.13. The lowest BCUT2D eigenvalue weighted by Crippen LogP contribution is -2.54. The topological polar surface area (TPSA) is 131 Å². The van der Waals surface area contributed by atoms with Crippen LogP contribution in [0.4, 0.5) is 0 Å². The molecule has 8 nitrogen and oxygen atoms in total. The van der Waals surface area contributed by atoms with Crippen LogP contribution in [0.1, 0.15) is 12.0 Å². The van der Waals surface area contributed by atoms with E-state index >= 15 is 0 Å². The minimum atomic E-state index is -1.21. The predicted octanol–water partition coefficient (Wildman–Crippen LogP) is -0.385. The number of methoxy groups -OCH3 is 1. The van der Waals surface area contributed by atoms with Crippen LogP contribution >= 0.6 is 12.4 Å². The molecule has 0 aliphatic carbocycles. The highest BCUT2D eigenvalue weighted by atomic mass is 35.5. The summed E-state index contributed by atoms with van der Waals surface area (Å²) >= 11 is 0. The molecule has 5 N–H and O–H groups in total. The molecule has 0 heterocycles. The van der Waals surface area contributed by atoms with Gasteiger partial charge in [0.1, 0.15) is 6.04 Å². The quantitative estimate of drug-likeness (QED) is 0.373. The number of carbonyl (C=O) groups is 3. The molecule has 1 aromatic rings. The third-order valence-electron chi connectivity index (χ3n) is 2.87. The van der Waals surface area contributed by atoms with Gasteiger partial charge in [-0.1, -0.05) is 30.3 Å². The number of nitrogens with two attached hydrogens (primary N) is 1. The van der Waals surface area contributed by atoms with E-state index in [9.17, 15) is 14.4 Å². The molecule has 0 spiro atoms. The summed E-state index contributed by atoms with van der Waals surface area (Å²) in [5.41, 5.74) is 11.1. The molecule has 1 rings (SSSR count). The van der Waals surface area contributed by atoms with Crippen molar-refractivity contribution in [1.29, 1.82) is 0 Å². The van der Waals surface area contributed by atoms with E-state index in [0.29, 0.717) is 6.42 Å². The van der Waals surface area contributed by atoms with Gasteiger partial charge in [0.05, 0.1) is 19.6 Å². The highest BCUT2D eigenvalue weighted by molar-refractivity contribution is 5.86. The van der Waals surface area contributed by atoms with Crippen LogP contribution in [0.5, 0.6) is 0 Å². The average Bonchev–Trinajstić information content (AvgIpc) is 2.50. The maximum absolute atomic E-state index is 11.7. The standard InChI is InChI=1S/C14H19N3O5.ClH/c1-22-14(21)11(7-9-5-3-2-4-6-9)16-17-13(20)10(15)8-12(18)19;/h2-6,10-11,16H,7-8,15H2,1H3,(H,17,20)(H,18,19);1H/t10-,11-;/m0./s1. The Hall–Kier alpha value is -2.16. The SMILES string of the molecule is COC(=O)[C@H](Cc1ccccc1)NNC(=O)[C@@H](N)CC(=O)O.Cl. The molecule has 9 heteroatoms. The zero-order valence-corrected chi connectivity index (χ0v) is 13.3. The molecule has 0 saturated heterocycles. The van der Waals surface area contributed by atoms with E-state index in [1.54, 1.807) is 0 Å². The zero-order valence-electron chi connectivity index (χ0n) is 12.5. The average molecular weight is 346 g/mol. The van der Waals surface area contributed by atoms with Crippen molar-refractivity contribution in [2.45, 2.75) is 24.9 Å². The molecule has 0 saturated carbocycles. The molecular formula is C14H20ClN3O5. The summed E-state index contributed by atoms with van der Waals surface area (Å²) in [7, 11) is 1.24. The summed E-state index contributed by atoms with van der Waals surface area (Å²) < 4.78 is 4.66. The van der Waals surface area contributed by atoms with E-state index in [-0.39, 0.29) is 12.4 Å². The maximum atomic E-state index is 11.7. The second-order valence-corrected chi connectivity index (χ2v) is 4.60. The number of esters is 1. The van der Waals surface area contributed by atoms with Crippen LogP contribution < -0.4 is 16.6 Å². The van der Waals surface area contributed by atoms with Crippen molar-refractivity contribution in [2.75, 3.05) is 7.11 Å². The molecule has 0 unspecified atom stereocenters. The van der Waals surface area contributed by atoms with Crippen molar-refractivity contribution in [3.05, 3.63) is 35.9 Å². The number of hydrogen-bond acceptors (Lipinski definition) is 6. The number of carbonyl (C=O) groups excluding carboxylic acids is 2. The molecule has 1 aromatic carbocycles. The third kappa shape index (κ3) is 7.59. The second-order valence-electron chi connectivity index (χ2n) is 4.60. The van der Waals surface area contributed by atoms with Gasteiger partial charge >= 0.3 is 11.9 Å². The minimum absolute atomic E-state index is 0. The normalized spacial score (nSPS) is 12.4. The first-order chi connectivity index (χ1) is 10.4. The van der Waals surface area contributed by atoms with Crippen LogP contribution in [0.2, 0.25) is 0 Å². The van der Waals surface area contributed by atoms with E-state index in [2.05, 4.69) is 15.6 Å². The molecule has 0 radical (unpaired) electrons. The minimum Gasteiger partial charge on any atom is -0.481 e. The fourth-order valence-corrected chi connectivity index (χ4v) is 1.72. The van der Waals surface area contributed by atoms with Gasteiger partial charge in [-0.15, -0.1) is 12.4 Å². The van der Waals surface area contributed by atoms with Gasteiger partial charge in [0, 0.05) is 6.42 Å². The Morgan fingerprint density at radius 3 is 2.39 bits per heavy atom. The lowest BCUT2D eigenvalue weighted by atomic mass is 10.1. The molecule has 1 amide bonds. The Kier molecular flexibility index (Phi) is 9.56. The molecule has 0 aliphatic heterocycles. The summed E-state index contributed by atoms with van der Waals surface area (Å²) in [5.74, 6) is -2.46. The van der Waals surface area contributed by atoms with Crippen molar-refractivity contribution in [1.82, 2.24) is 10.9 Å². The van der Waals surface area contributed by atoms with Crippen molar-refractivity contribution in [3.63, 3.8) is 0 Å². The molecule has 0 aliphatic rings. The molecule has 128 valence electrons. The van der Waals surface area contributed by atoms with Gasteiger partial charge in [0.2, 0.25) is 0 Å². The van der Waals surface area contributed by atoms with Gasteiger partial charge in [0.15, 0.2) is 0 Å². The van der Waals surface area contributed by atoms with E-state index in [1.165, 1.54) is 7.11 Å². The molecule has 0 bridgehead atoms. The van der Waals surface area contributed by atoms with Gasteiger partial charge in [0.25, 0.3) is 5.91 Å². The monoisotopic (exact) mass is 345 g/mol. The van der Waals surface area contributed by atoms with Gasteiger partial charge in [-0.3, -0.25) is 19.8 Å². The Morgan fingerprint density at radius 1 is 1.26 bits per heavy atom. The smallest absolute Gasteiger partial charge is 0.325 e. The lowest BCUT2D eigenvalue weighted by Gasteiger charge is -2.18. The molecular weight excluding hydrogens is 326 g/mol. The fourth-order valence-electron chi connectivity index (χ4n) is 1.72. The van der Waals surface area contributed by atoms with Crippen LogP contribution in [-0.2, 0) is 25.5 Å². The van der Waals surface area contributed by atoms with E-state index in [1.807, 2.05) is 30.3 Å². The van der Waals surface area contributed by atoms with Crippen molar-refractivity contribution < 1.29 is 24.2 Å². The molecule has 0 fully saturated rings. The number of carboxylic acids is 1. The number of carboxylic acid groups (broad SMARTS) is 1. The lowest BCUT2D eigenvalue weighted by molar-refractivity contribution is -0.144. The number of hydrazine groups is 1. The highest BCUT2D eigenvalue weighted by Gasteiger charge is 2.22. The van der Waals surface area contributed by atoms with Gasteiger partial charge in [-0.25, -0.2) is 5.43 Å². The Labute approximate surface area is 139 Å². The number of rotatable bonds is 8. The largest absolute Gasteiger partial charge is 0.481 e.